The van der Waals surface area contributed by atoms with Crippen LogP contribution in [-0.4, -0.2) is 15.7 Å². The fraction of sp³-hybridized carbons (Fsp3) is 0.286. The lowest BCUT2D eigenvalue weighted by molar-refractivity contribution is 0.0706. The van der Waals surface area contributed by atoms with Crippen LogP contribution >= 0.6 is 0 Å². The molecule has 1 fully saturated rings. The quantitative estimate of drug-likeness (QED) is 0.638. The van der Waals surface area contributed by atoms with E-state index in [0.29, 0.717) is 5.39 Å². The van der Waals surface area contributed by atoms with E-state index in [1.807, 2.05) is 12.3 Å². The van der Waals surface area contributed by atoms with E-state index in [1.165, 1.54) is 6.07 Å². The Kier molecular flexibility index (Phi) is 2.83. The maximum absolute atomic E-state index is 12.4. The Bertz CT molecular complexity index is 701. The molecule has 1 heterocycles. The molecule has 0 atom stereocenters. The summed E-state index contributed by atoms with van der Waals surface area (Å²) in [6, 6.07) is 6.99. The first-order valence-corrected chi connectivity index (χ1v) is 6.30. The molecule has 5 nitrogen and oxygen atoms in total. The van der Waals surface area contributed by atoms with Crippen molar-refractivity contribution in [3.63, 3.8) is 0 Å². The zero-order valence-electron chi connectivity index (χ0n) is 10.3. The molecular formula is C14H14N2O3. The van der Waals surface area contributed by atoms with Crippen LogP contribution in [0.1, 0.15) is 35.7 Å². The van der Waals surface area contributed by atoms with E-state index in [0.717, 1.165) is 24.6 Å². The second-order valence-electron chi connectivity index (χ2n) is 4.86. The predicted octanol–water partition coefficient (Wildman–Crippen LogP) is 1.85. The van der Waals surface area contributed by atoms with Crippen LogP contribution in [0.4, 0.5) is 0 Å². The first-order valence-electron chi connectivity index (χ1n) is 6.30. The topological polar surface area (TPSA) is 71.3 Å². The number of aromatic nitrogens is 1. The molecule has 3 rings (SSSR count). The maximum atomic E-state index is 12.4. The summed E-state index contributed by atoms with van der Waals surface area (Å²) in [6.45, 7) is 0. The fourth-order valence-electron chi connectivity index (χ4n) is 2.41. The highest BCUT2D eigenvalue weighted by Gasteiger charge is 2.20. The van der Waals surface area contributed by atoms with Crippen LogP contribution in [0.25, 0.3) is 10.8 Å². The van der Waals surface area contributed by atoms with E-state index in [1.54, 1.807) is 22.2 Å². The van der Waals surface area contributed by atoms with Crippen molar-refractivity contribution in [2.45, 2.75) is 25.3 Å². The maximum Gasteiger partial charge on any atom is 0.274 e. The number of benzene rings is 1. The lowest BCUT2D eigenvalue weighted by atomic mass is 9.92. The molecule has 1 amide bonds. The van der Waals surface area contributed by atoms with Gasteiger partial charge in [0.25, 0.3) is 11.5 Å². The number of carbonyl (C=O) groups is 1. The van der Waals surface area contributed by atoms with Gasteiger partial charge in [0.2, 0.25) is 0 Å². The van der Waals surface area contributed by atoms with Gasteiger partial charge in [-0.25, -0.2) is 5.48 Å². The Morgan fingerprint density at radius 3 is 2.74 bits per heavy atom. The van der Waals surface area contributed by atoms with Crippen molar-refractivity contribution in [1.29, 1.82) is 0 Å². The number of nitrogens with one attached hydrogen (secondary N) is 1. The lowest BCUT2D eigenvalue weighted by Crippen LogP contribution is -2.28. The summed E-state index contributed by atoms with van der Waals surface area (Å²) >= 11 is 0. The van der Waals surface area contributed by atoms with Gasteiger partial charge in [0.15, 0.2) is 0 Å². The van der Waals surface area contributed by atoms with Gasteiger partial charge in [-0.1, -0.05) is 6.07 Å². The lowest BCUT2D eigenvalue weighted by Gasteiger charge is -2.27. The Morgan fingerprint density at radius 1 is 1.32 bits per heavy atom. The number of nitrogens with zero attached hydrogens (tertiary/aromatic N) is 1. The number of fused-ring (bicyclic) bond motifs is 1. The summed E-state index contributed by atoms with van der Waals surface area (Å²) in [6.07, 6.45) is 5.03. The molecule has 0 bridgehead atoms. The number of pyridine rings is 1. The van der Waals surface area contributed by atoms with E-state index in [-0.39, 0.29) is 17.2 Å². The largest absolute Gasteiger partial charge is 0.312 e. The number of hydrogen-bond acceptors (Lipinski definition) is 3. The van der Waals surface area contributed by atoms with Crippen LogP contribution in [0.3, 0.4) is 0 Å². The molecule has 19 heavy (non-hydrogen) atoms. The van der Waals surface area contributed by atoms with E-state index in [4.69, 9.17) is 5.21 Å². The summed E-state index contributed by atoms with van der Waals surface area (Å²) in [5.41, 5.74) is 1.78. The molecule has 2 N–H and O–H groups in total. The van der Waals surface area contributed by atoms with Gasteiger partial charge in [-0.2, -0.15) is 0 Å². The summed E-state index contributed by atoms with van der Waals surface area (Å²) in [5, 5.41) is 9.95. The number of rotatable bonds is 2. The summed E-state index contributed by atoms with van der Waals surface area (Å²) < 4.78 is 1.74. The van der Waals surface area contributed by atoms with Gasteiger partial charge in [0.1, 0.15) is 0 Å². The van der Waals surface area contributed by atoms with E-state index in [9.17, 15) is 9.59 Å². The molecule has 0 saturated heterocycles. The highest BCUT2D eigenvalue weighted by molar-refractivity contribution is 5.97. The number of hydroxylamine groups is 1. The first kappa shape index (κ1) is 11.9. The minimum absolute atomic E-state index is 0.0743. The summed E-state index contributed by atoms with van der Waals surface area (Å²) in [4.78, 5) is 23.8. The summed E-state index contributed by atoms with van der Waals surface area (Å²) in [7, 11) is 0. The van der Waals surface area contributed by atoms with E-state index < -0.39 is 5.91 Å². The monoisotopic (exact) mass is 258 g/mol. The SMILES string of the molecule is O=C(NO)c1ccc2ccn(C3CCC3)c(=O)c2c1. The molecule has 0 radical (unpaired) electrons. The normalized spacial score (nSPS) is 15.2. The van der Waals surface area contributed by atoms with Gasteiger partial charge < -0.3 is 4.57 Å². The highest BCUT2D eigenvalue weighted by Crippen LogP contribution is 2.30. The Balaban J connectivity index is 2.16. The van der Waals surface area contributed by atoms with Crippen molar-refractivity contribution in [3.8, 4) is 0 Å². The first-order chi connectivity index (χ1) is 9.20. The van der Waals surface area contributed by atoms with Gasteiger partial charge in [0, 0.05) is 23.2 Å². The zero-order chi connectivity index (χ0) is 13.4. The number of hydrogen-bond donors (Lipinski definition) is 2. The van der Waals surface area contributed by atoms with Crippen LogP contribution in [0, 0.1) is 0 Å². The minimum Gasteiger partial charge on any atom is -0.312 e. The third kappa shape index (κ3) is 1.92. The van der Waals surface area contributed by atoms with Crippen LogP contribution in [0.5, 0.6) is 0 Å². The van der Waals surface area contributed by atoms with Crippen molar-refractivity contribution >= 4 is 16.7 Å². The average Bonchev–Trinajstić information content (AvgIpc) is 2.38. The third-order valence-corrected chi connectivity index (χ3v) is 3.76. The van der Waals surface area contributed by atoms with Crippen molar-refractivity contribution < 1.29 is 10.0 Å². The molecule has 0 spiro atoms. The number of carbonyl (C=O) groups excluding carboxylic acids is 1. The second kappa shape index (κ2) is 4.51. The molecule has 2 aromatic rings. The Morgan fingerprint density at radius 2 is 2.11 bits per heavy atom. The Labute approximate surface area is 109 Å². The molecule has 1 aromatic carbocycles. The summed E-state index contributed by atoms with van der Waals surface area (Å²) in [5.74, 6) is -0.611. The van der Waals surface area contributed by atoms with Crippen LogP contribution in [0.15, 0.2) is 35.3 Å². The predicted molar refractivity (Wildman–Crippen MR) is 70.3 cm³/mol. The molecule has 5 heteroatoms. The third-order valence-electron chi connectivity index (χ3n) is 3.76. The number of amides is 1. The molecule has 98 valence electrons. The standard InChI is InChI=1S/C14H14N2O3/c17-13(15-19)10-5-4-9-6-7-16(11-2-1-3-11)14(18)12(9)8-10/h4-8,11,19H,1-3H2,(H,15,17). The van der Waals surface area contributed by atoms with Crippen LogP contribution in [-0.2, 0) is 0 Å². The van der Waals surface area contributed by atoms with Gasteiger partial charge in [-0.15, -0.1) is 0 Å². The molecule has 1 saturated carbocycles. The van der Waals surface area contributed by atoms with Crippen molar-refractivity contribution in [3.05, 3.63) is 46.4 Å². The van der Waals surface area contributed by atoms with Gasteiger partial charge >= 0.3 is 0 Å². The van der Waals surface area contributed by atoms with Crippen LogP contribution < -0.4 is 11.0 Å². The Hall–Kier alpha value is -2.14. The molecule has 1 aromatic heterocycles. The van der Waals surface area contributed by atoms with Crippen molar-refractivity contribution in [1.82, 2.24) is 10.0 Å². The van der Waals surface area contributed by atoms with Gasteiger partial charge in [-0.3, -0.25) is 14.8 Å². The van der Waals surface area contributed by atoms with E-state index >= 15 is 0 Å². The van der Waals surface area contributed by atoms with Gasteiger partial charge in [0.05, 0.1) is 0 Å². The highest BCUT2D eigenvalue weighted by atomic mass is 16.5. The van der Waals surface area contributed by atoms with Gasteiger partial charge in [-0.05, 0) is 42.8 Å². The molecule has 0 aliphatic heterocycles. The second-order valence-corrected chi connectivity index (χ2v) is 4.86. The van der Waals surface area contributed by atoms with E-state index in [2.05, 4.69) is 0 Å². The van der Waals surface area contributed by atoms with Crippen molar-refractivity contribution in [2.75, 3.05) is 0 Å². The average molecular weight is 258 g/mol. The minimum atomic E-state index is -0.611. The fourth-order valence-corrected chi connectivity index (χ4v) is 2.41. The molecule has 1 aliphatic rings. The molecule has 1 aliphatic carbocycles. The van der Waals surface area contributed by atoms with Crippen molar-refractivity contribution in [2.24, 2.45) is 0 Å². The molecular weight excluding hydrogens is 244 g/mol. The van der Waals surface area contributed by atoms with Crippen LogP contribution in [0.2, 0.25) is 0 Å². The smallest absolute Gasteiger partial charge is 0.274 e. The molecule has 0 unspecified atom stereocenters. The zero-order valence-corrected chi connectivity index (χ0v) is 10.3.